The van der Waals surface area contributed by atoms with Crippen LogP contribution in [0.4, 0.5) is 0 Å². The predicted octanol–water partition coefficient (Wildman–Crippen LogP) is 3.62. The van der Waals surface area contributed by atoms with Crippen LogP contribution in [-0.4, -0.2) is 30.1 Å². The molecule has 26 heavy (non-hydrogen) atoms. The third kappa shape index (κ3) is 3.52. The molecule has 0 aliphatic carbocycles. The maximum Gasteiger partial charge on any atom is 0.276 e. The number of carbonyl (C=O) groups excluding carboxylic acids is 1. The molecule has 1 N–H and O–H groups in total. The van der Waals surface area contributed by atoms with Gasteiger partial charge in [0.25, 0.3) is 5.91 Å². The number of methoxy groups -OCH3 is 2. The Balaban J connectivity index is 1.90. The van der Waals surface area contributed by atoms with Gasteiger partial charge < -0.3 is 14.8 Å². The van der Waals surface area contributed by atoms with Gasteiger partial charge in [-0.2, -0.15) is 0 Å². The lowest BCUT2D eigenvalue weighted by Crippen LogP contribution is -2.30. The van der Waals surface area contributed by atoms with Crippen LogP contribution < -0.4 is 14.8 Å². The van der Waals surface area contributed by atoms with Crippen LogP contribution in [0.15, 0.2) is 48.2 Å². The maximum absolute atomic E-state index is 12.8. The standard InChI is InChI=1S/C19H17ClN2O3S/c1-24-16-9-5-7-12(17(16)25-2)10-15-18(23)22(19(26)21-15)11-13-6-3-4-8-14(13)20/h3-10H,11H2,1-2H3,(H,21,26)/b15-10-. The van der Waals surface area contributed by atoms with Gasteiger partial charge in [0.05, 0.1) is 20.8 Å². The molecule has 1 heterocycles. The summed E-state index contributed by atoms with van der Waals surface area (Å²) < 4.78 is 10.7. The van der Waals surface area contributed by atoms with Crippen molar-refractivity contribution in [1.82, 2.24) is 10.2 Å². The summed E-state index contributed by atoms with van der Waals surface area (Å²) in [4.78, 5) is 14.3. The van der Waals surface area contributed by atoms with Crippen LogP contribution in [0.5, 0.6) is 11.5 Å². The normalized spacial score (nSPS) is 15.3. The molecule has 0 radical (unpaired) electrons. The molecule has 0 atom stereocenters. The van der Waals surface area contributed by atoms with Crippen molar-refractivity contribution in [3.8, 4) is 11.5 Å². The topological polar surface area (TPSA) is 50.8 Å². The van der Waals surface area contributed by atoms with Gasteiger partial charge in [0.2, 0.25) is 0 Å². The lowest BCUT2D eigenvalue weighted by molar-refractivity contribution is -0.122. The summed E-state index contributed by atoms with van der Waals surface area (Å²) >= 11 is 11.5. The van der Waals surface area contributed by atoms with E-state index in [2.05, 4.69) is 5.32 Å². The molecule has 0 bridgehead atoms. The van der Waals surface area contributed by atoms with Gasteiger partial charge in [-0.3, -0.25) is 9.69 Å². The van der Waals surface area contributed by atoms with E-state index in [-0.39, 0.29) is 5.91 Å². The molecule has 2 aromatic carbocycles. The summed E-state index contributed by atoms with van der Waals surface area (Å²) in [5.74, 6) is 0.912. The average molecular weight is 389 g/mol. The summed E-state index contributed by atoms with van der Waals surface area (Å²) in [6.45, 7) is 0.303. The van der Waals surface area contributed by atoms with E-state index in [0.717, 1.165) is 5.56 Å². The lowest BCUT2D eigenvalue weighted by atomic mass is 10.1. The van der Waals surface area contributed by atoms with Crippen molar-refractivity contribution < 1.29 is 14.3 Å². The first-order valence-electron chi connectivity index (χ1n) is 7.84. The van der Waals surface area contributed by atoms with E-state index in [1.165, 1.54) is 4.90 Å². The zero-order valence-corrected chi connectivity index (χ0v) is 15.9. The number of benzene rings is 2. The van der Waals surface area contributed by atoms with E-state index >= 15 is 0 Å². The summed E-state index contributed by atoms with van der Waals surface area (Å²) in [5, 5.41) is 3.89. The second-order valence-corrected chi connectivity index (χ2v) is 6.35. The molecule has 1 fully saturated rings. The molecule has 1 aliphatic rings. The summed E-state index contributed by atoms with van der Waals surface area (Å²) in [5.41, 5.74) is 1.91. The zero-order chi connectivity index (χ0) is 18.7. The third-order valence-electron chi connectivity index (χ3n) is 3.98. The summed E-state index contributed by atoms with van der Waals surface area (Å²) in [6.07, 6.45) is 1.70. The smallest absolute Gasteiger partial charge is 0.276 e. The Labute approximate surface area is 162 Å². The minimum atomic E-state index is -0.222. The SMILES string of the molecule is COc1cccc(/C=C2\NC(=S)N(Cc3ccccc3Cl)C2=O)c1OC. The van der Waals surface area contributed by atoms with Crippen molar-refractivity contribution in [2.75, 3.05) is 14.2 Å². The first-order valence-corrected chi connectivity index (χ1v) is 8.62. The van der Waals surface area contributed by atoms with Gasteiger partial charge in [-0.1, -0.05) is 41.9 Å². The zero-order valence-electron chi connectivity index (χ0n) is 14.3. The number of nitrogens with zero attached hydrogens (tertiary/aromatic N) is 1. The van der Waals surface area contributed by atoms with Crippen molar-refractivity contribution in [2.45, 2.75) is 6.54 Å². The summed E-state index contributed by atoms with van der Waals surface area (Å²) in [6, 6.07) is 12.8. The molecule has 1 saturated heterocycles. The first kappa shape index (κ1) is 18.2. The highest BCUT2D eigenvalue weighted by Gasteiger charge is 2.31. The molecule has 0 unspecified atom stereocenters. The highest BCUT2D eigenvalue weighted by Crippen LogP contribution is 2.32. The van der Waals surface area contributed by atoms with Gasteiger partial charge in [0, 0.05) is 10.6 Å². The maximum atomic E-state index is 12.8. The number of hydrogen-bond donors (Lipinski definition) is 1. The number of carbonyl (C=O) groups is 1. The van der Waals surface area contributed by atoms with E-state index < -0.39 is 0 Å². The second-order valence-electron chi connectivity index (χ2n) is 5.55. The molecule has 0 spiro atoms. The highest BCUT2D eigenvalue weighted by molar-refractivity contribution is 7.80. The molecular weight excluding hydrogens is 372 g/mol. The Morgan fingerprint density at radius 2 is 1.92 bits per heavy atom. The van der Waals surface area contributed by atoms with Crippen molar-refractivity contribution >= 4 is 40.9 Å². The fourth-order valence-electron chi connectivity index (χ4n) is 2.69. The number of nitrogens with one attached hydrogen (secondary N) is 1. The fraction of sp³-hybridized carbons (Fsp3) is 0.158. The van der Waals surface area contributed by atoms with E-state index in [4.69, 9.17) is 33.3 Å². The van der Waals surface area contributed by atoms with E-state index in [1.54, 1.807) is 32.4 Å². The Bertz CT molecular complexity index is 898. The quantitative estimate of drug-likeness (QED) is 0.626. The van der Waals surface area contributed by atoms with Crippen molar-refractivity contribution in [3.63, 3.8) is 0 Å². The number of ether oxygens (including phenoxy) is 2. The summed E-state index contributed by atoms with van der Waals surface area (Å²) in [7, 11) is 3.12. The molecule has 3 rings (SSSR count). The lowest BCUT2D eigenvalue weighted by Gasteiger charge is -2.14. The Kier molecular flexibility index (Phi) is 5.44. The van der Waals surface area contributed by atoms with Crippen LogP contribution in [0.1, 0.15) is 11.1 Å². The number of halogens is 1. The Hall–Kier alpha value is -2.57. The van der Waals surface area contributed by atoms with E-state index in [9.17, 15) is 4.79 Å². The Morgan fingerprint density at radius 3 is 2.62 bits per heavy atom. The molecular formula is C19H17ClN2O3S. The van der Waals surface area contributed by atoms with Gasteiger partial charge in [-0.25, -0.2) is 0 Å². The fourth-order valence-corrected chi connectivity index (χ4v) is 3.15. The van der Waals surface area contributed by atoms with Crippen LogP contribution in [0.3, 0.4) is 0 Å². The number of amides is 1. The van der Waals surface area contributed by atoms with E-state index in [1.807, 2.05) is 30.3 Å². The second kappa shape index (κ2) is 7.76. The van der Waals surface area contributed by atoms with Crippen LogP contribution in [0, 0.1) is 0 Å². The number of thiocarbonyl (C=S) groups is 1. The van der Waals surface area contributed by atoms with Crippen LogP contribution in [-0.2, 0) is 11.3 Å². The first-order chi connectivity index (χ1) is 12.5. The van der Waals surface area contributed by atoms with Crippen LogP contribution in [0.25, 0.3) is 6.08 Å². The minimum Gasteiger partial charge on any atom is -0.493 e. The van der Waals surface area contributed by atoms with Crippen molar-refractivity contribution in [1.29, 1.82) is 0 Å². The van der Waals surface area contributed by atoms with Gasteiger partial charge in [-0.15, -0.1) is 0 Å². The van der Waals surface area contributed by atoms with Gasteiger partial charge in [0.15, 0.2) is 16.6 Å². The average Bonchev–Trinajstić information content (AvgIpc) is 2.90. The molecule has 0 aromatic heterocycles. The minimum absolute atomic E-state index is 0.222. The molecule has 7 heteroatoms. The van der Waals surface area contributed by atoms with Crippen molar-refractivity contribution in [2.24, 2.45) is 0 Å². The van der Waals surface area contributed by atoms with Gasteiger partial charge >= 0.3 is 0 Å². The van der Waals surface area contributed by atoms with Gasteiger partial charge in [0.1, 0.15) is 5.70 Å². The van der Waals surface area contributed by atoms with E-state index in [0.29, 0.717) is 39.4 Å². The molecule has 0 saturated carbocycles. The molecule has 1 aliphatic heterocycles. The third-order valence-corrected chi connectivity index (χ3v) is 4.67. The van der Waals surface area contributed by atoms with Crippen LogP contribution >= 0.6 is 23.8 Å². The number of rotatable bonds is 5. The monoisotopic (exact) mass is 388 g/mol. The largest absolute Gasteiger partial charge is 0.493 e. The predicted molar refractivity (Wildman–Crippen MR) is 105 cm³/mol. The molecule has 5 nitrogen and oxygen atoms in total. The van der Waals surface area contributed by atoms with Crippen molar-refractivity contribution in [3.05, 3.63) is 64.3 Å². The highest BCUT2D eigenvalue weighted by atomic mass is 35.5. The molecule has 2 aromatic rings. The number of hydrogen-bond acceptors (Lipinski definition) is 4. The van der Waals surface area contributed by atoms with Crippen LogP contribution in [0.2, 0.25) is 5.02 Å². The molecule has 1 amide bonds. The Morgan fingerprint density at radius 1 is 1.15 bits per heavy atom. The van der Waals surface area contributed by atoms with Gasteiger partial charge in [-0.05, 0) is 36.0 Å². The number of para-hydroxylation sites is 1. The molecule has 134 valence electrons.